The quantitative estimate of drug-likeness (QED) is 0.0169. The van der Waals surface area contributed by atoms with Gasteiger partial charge in [0.25, 0.3) is 0 Å². The molecule has 5 atom stereocenters. The predicted octanol–water partition coefficient (Wildman–Crippen LogP) is 24.6. The van der Waals surface area contributed by atoms with Gasteiger partial charge >= 0.3 is 39.5 Å². The van der Waals surface area contributed by atoms with Crippen LogP contribution in [0.15, 0.2) is 170 Å². The summed E-state index contributed by atoms with van der Waals surface area (Å²) in [6.45, 7) is 4.42. The van der Waals surface area contributed by atoms with Crippen LogP contribution < -0.4 is 0 Å². The summed E-state index contributed by atoms with van der Waals surface area (Å²) >= 11 is 0. The molecule has 0 saturated heterocycles. The lowest BCUT2D eigenvalue weighted by Crippen LogP contribution is -2.30. The minimum Gasteiger partial charge on any atom is -0.462 e. The molecule has 0 rings (SSSR count). The van der Waals surface area contributed by atoms with E-state index < -0.39 is 97.5 Å². The van der Waals surface area contributed by atoms with Crippen LogP contribution in [0.2, 0.25) is 0 Å². The maximum Gasteiger partial charge on any atom is 0.472 e. The van der Waals surface area contributed by atoms with Crippen LogP contribution in [0.25, 0.3) is 0 Å². The number of phosphoric ester groups is 2. The van der Waals surface area contributed by atoms with Crippen molar-refractivity contribution in [1.29, 1.82) is 0 Å². The van der Waals surface area contributed by atoms with E-state index in [4.69, 9.17) is 37.0 Å². The van der Waals surface area contributed by atoms with E-state index in [2.05, 4.69) is 198 Å². The number of ether oxygens (including phenoxy) is 4. The van der Waals surface area contributed by atoms with Crippen molar-refractivity contribution in [3.8, 4) is 0 Å². The number of allylic oxidation sites excluding steroid dienone is 28. The first-order valence-electron chi connectivity index (χ1n) is 41.4. The first kappa shape index (κ1) is 102. The maximum absolute atomic E-state index is 13.1. The molecule has 19 heteroatoms. The minimum atomic E-state index is -5.00. The molecule has 0 aliphatic heterocycles. The average molecular weight is 1550 g/mol. The number of aliphatic hydroxyl groups excluding tert-OH is 1. The highest BCUT2D eigenvalue weighted by molar-refractivity contribution is 7.47. The van der Waals surface area contributed by atoms with Gasteiger partial charge in [0, 0.05) is 25.7 Å². The number of esters is 4. The Labute approximate surface area is 654 Å². The van der Waals surface area contributed by atoms with Crippen LogP contribution in [0.1, 0.15) is 310 Å². The van der Waals surface area contributed by atoms with Gasteiger partial charge in [-0.1, -0.05) is 281 Å². The molecule has 0 heterocycles. The van der Waals surface area contributed by atoms with E-state index in [-0.39, 0.29) is 25.7 Å². The lowest BCUT2D eigenvalue weighted by atomic mass is 10.1. The molecule has 0 bridgehead atoms. The number of carbonyl (C=O) groups excluding carboxylic acids is 4. The number of hydrogen-bond acceptors (Lipinski definition) is 15. The van der Waals surface area contributed by atoms with Gasteiger partial charge in [-0.3, -0.25) is 37.3 Å². The van der Waals surface area contributed by atoms with Crippen LogP contribution >= 0.6 is 15.6 Å². The highest BCUT2D eigenvalue weighted by Gasteiger charge is 2.30. The SMILES string of the molecule is CC/C=C\C/C=C\C/C=C\C/C=C\C/C=C\CCCCCC(=O)OCC(COP(=O)(O)OCC(O)COP(=O)(O)OCC(COC(=O)CCCCCCCC/C=C\C/C=C\C/C=C\C/C=C\CC)OC(=O)CCCC/C=C\C/C=C\C/C=C\C/C=C\CC)OC(=O)CCCCCCC/C=C\CCCCCCCC. The van der Waals surface area contributed by atoms with E-state index in [1.54, 1.807) is 0 Å². The van der Waals surface area contributed by atoms with Crippen molar-refractivity contribution in [3.05, 3.63) is 170 Å². The molecule has 5 unspecified atom stereocenters. The van der Waals surface area contributed by atoms with E-state index in [0.29, 0.717) is 32.1 Å². The fourth-order valence-electron chi connectivity index (χ4n) is 10.5. The normalized spacial score (nSPS) is 14.7. The third-order valence-corrected chi connectivity index (χ3v) is 18.6. The number of hydrogen-bond donors (Lipinski definition) is 3. The first-order valence-corrected chi connectivity index (χ1v) is 44.4. The molecule has 0 aliphatic carbocycles. The largest absolute Gasteiger partial charge is 0.472 e. The third kappa shape index (κ3) is 78.5. The smallest absolute Gasteiger partial charge is 0.462 e. The van der Waals surface area contributed by atoms with Crippen molar-refractivity contribution < 1.29 is 80.2 Å². The zero-order valence-electron chi connectivity index (χ0n) is 67.2. The number of carbonyl (C=O) groups is 4. The Kier molecular flexibility index (Phi) is 75.4. The summed E-state index contributed by atoms with van der Waals surface area (Å²) in [6.07, 6.45) is 94.7. The van der Waals surface area contributed by atoms with Gasteiger partial charge in [-0.2, -0.15) is 0 Å². The van der Waals surface area contributed by atoms with Gasteiger partial charge in [-0.05, 0) is 173 Å². The lowest BCUT2D eigenvalue weighted by Gasteiger charge is -2.21. The van der Waals surface area contributed by atoms with E-state index in [1.807, 2.05) is 0 Å². The molecular formula is C89H146O17P2. The first-order chi connectivity index (χ1) is 52.7. The molecule has 0 aliphatic rings. The van der Waals surface area contributed by atoms with Gasteiger partial charge in [0.2, 0.25) is 0 Å². The Morgan fingerprint density at radius 3 is 0.778 bits per heavy atom. The molecule has 0 saturated carbocycles. The summed E-state index contributed by atoms with van der Waals surface area (Å²) in [6, 6.07) is 0. The van der Waals surface area contributed by atoms with E-state index in [9.17, 15) is 43.2 Å². The zero-order valence-corrected chi connectivity index (χ0v) is 69.0. The molecule has 108 heavy (non-hydrogen) atoms. The second-order valence-corrected chi connectivity index (χ2v) is 29.8. The number of unbranched alkanes of at least 4 members (excludes halogenated alkanes) is 22. The summed E-state index contributed by atoms with van der Waals surface area (Å²) in [4.78, 5) is 73.2. The van der Waals surface area contributed by atoms with Gasteiger partial charge in [0.15, 0.2) is 12.2 Å². The zero-order chi connectivity index (χ0) is 78.9. The van der Waals surface area contributed by atoms with Gasteiger partial charge in [0.05, 0.1) is 26.4 Å². The van der Waals surface area contributed by atoms with Crippen LogP contribution in [0.3, 0.4) is 0 Å². The van der Waals surface area contributed by atoms with E-state index >= 15 is 0 Å². The Morgan fingerprint density at radius 1 is 0.269 bits per heavy atom. The summed E-state index contributed by atoms with van der Waals surface area (Å²) < 4.78 is 68.6. The Balaban J connectivity index is 5.45. The predicted molar refractivity (Wildman–Crippen MR) is 445 cm³/mol. The van der Waals surface area contributed by atoms with Gasteiger partial charge < -0.3 is 33.8 Å². The minimum absolute atomic E-state index is 0.0328. The molecule has 0 fully saturated rings. The molecule has 0 aromatic rings. The fourth-order valence-corrected chi connectivity index (χ4v) is 12.0. The third-order valence-electron chi connectivity index (χ3n) is 16.7. The lowest BCUT2D eigenvalue weighted by molar-refractivity contribution is -0.161. The fraction of sp³-hybridized carbons (Fsp3) is 0.640. The second kappa shape index (κ2) is 79.5. The molecule has 3 N–H and O–H groups in total. The van der Waals surface area contributed by atoms with Crippen LogP contribution in [0, 0.1) is 0 Å². The van der Waals surface area contributed by atoms with Crippen LogP contribution in [-0.4, -0.2) is 96.7 Å². The van der Waals surface area contributed by atoms with Crippen molar-refractivity contribution in [1.82, 2.24) is 0 Å². The Morgan fingerprint density at radius 2 is 0.481 bits per heavy atom. The van der Waals surface area contributed by atoms with Crippen LogP contribution in [0.4, 0.5) is 0 Å². The van der Waals surface area contributed by atoms with Crippen molar-refractivity contribution in [2.24, 2.45) is 0 Å². The van der Waals surface area contributed by atoms with E-state index in [1.165, 1.54) is 38.5 Å². The maximum atomic E-state index is 13.1. The Hall–Kier alpha value is -5.58. The van der Waals surface area contributed by atoms with Crippen molar-refractivity contribution in [3.63, 3.8) is 0 Å². The summed E-state index contributed by atoms with van der Waals surface area (Å²) in [5.74, 6) is -2.29. The van der Waals surface area contributed by atoms with Crippen LogP contribution in [-0.2, 0) is 65.4 Å². The van der Waals surface area contributed by atoms with Gasteiger partial charge in [-0.25, -0.2) is 9.13 Å². The number of phosphoric acid groups is 2. The monoisotopic (exact) mass is 1550 g/mol. The molecule has 17 nitrogen and oxygen atoms in total. The molecule has 614 valence electrons. The Bertz CT molecular complexity index is 2710. The van der Waals surface area contributed by atoms with Crippen molar-refractivity contribution in [2.45, 2.75) is 329 Å². The molecule has 0 amide bonds. The molecular weight excluding hydrogens is 1400 g/mol. The van der Waals surface area contributed by atoms with Crippen LogP contribution in [0.5, 0.6) is 0 Å². The average Bonchev–Trinajstić information content (AvgIpc) is 0.923. The molecule has 0 aromatic carbocycles. The van der Waals surface area contributed by atoms with Crippen molar-refractivity contribution in [2.75, 3.05) is 39.6 Å². The summed E-state index contributed by atoms with van der Waals surface area (Å²) in [5.41, 5.74) is 0. The summed E-state index contributed by atoms with van der Waals surface area (Å²) in [5, 5.41) is 10.7. The second-order valence-electron chi connectivity index (χ2n) is 26.9. The number of rotatable bonds is 76. The van der Waals surface area contributed by atoms with E-state index in [0.717, 1.165) is 186 Å². The molecule has 0 spiro atoms. The molecule has 0 radical (unpaired) electrons. The van der Waals surface area contributed by atoms with Gasteiger partial charge in [0.1, 0.15) is 19.3 Å². The van der Waals surface area contributed by atoms with Crippen molar-refractivity contribution >= 4 is 39.5 Å². The highest BCUT2D eigenvalue weighted by atomic mass is 31.2. The number of aliphatic hydroxyl groups is 1. The standard InChI is InChI=1S/C89H146O17P2/c1-5-9-13-17-21-25-29-33-37-39-41-43-47-49-53-57-61-65-69-73-86(91)99-79-84(105-88(93)75-71-67-63-59-55-51-45-35-31-27-23-19-15-11-7-3)81-103-107(95,96)101-77-83(90)78-102-108(97,98)104-82-85(106-89(94)76-72-68-64-60-56-52-46-36-32-28-24-20-16-12-8-4)80-100-87(92)74-70-66-62-58-54-50-48-44-42-40-38-34-30-26-22-18-14-10-6-2/h9-11,13-15,21-23,25-27,33-38,41-46,50,54-55,59,83-85,90H,5-8,12,16-20,24,28-32,39-40,47-49,51-53,56-58,60-82H2,1-4H3,(H,95,96)(H,97,98)/b13-9-,14-10-,15-11-,25-21-,26-22-,27-23-,37-33-,38-34-,43-41-,44-42-,45-35-,46-36-,54-50-,59-55-. The summed E-state index contributed by atoms with van der Waals surface area (Å²) in [7, 11) is -10.0. The van der Waals surface area contributed by atoms with Gasteiger partial charge in [-0.15, -0.1) is 0 Å². The topological polar surface area (TPSA) is 237 Å². The molecule has 0 aromatic heterocycles. The highest BCUT2D eigenvalue weighted by Crippen LogP contribution is 2.45.